The molecule has 0 saturated carbocycles. The van der Waals surface area contributed by atoms with Gasteiger partial charge in [0.25, 0.3) is 0 Å². The molecule has 0 aliphatic rings. The quantitative estimate of drug-likeness (QED) is 0.762. The minimum absolute atomic E-state index is 0.0553. The Balaban J connectivity index is 3.12. The van der Waals surface area contributed by atoms with E-state index in [0.29, 0.717) is 0 Å². The summed E-state index contributed by atoms with van der Waals surface area (Å²) >= 11 is 0. The Morgan fingerprint density at radius 1 is 1.29 bits per heavy atom. The van der Waals surface area contributed by atoms with Crippen molar-refractivity contribution in [1.29, 1.82) is 0 Å². The minimum Gasteiger partial charge on any atom is -0.496 e. The number of benzene rings is 1. The van der Waals surface area contributed by atoms with Crippen LogP contribution in [-0.2, 0) is 4.43 Å². The van der Waals surface area contributed by atoms with Crippen molar-refractivity contribution in [2.75, 3.05) is 7.11 Å². The normalized spacial score (nSPS) is 13.8. The van der Waals surface area contributed by atoms with Crippen molar-refractivity contribution in [2.45, 2.75) is 40.0 Å². The highest BCUT2D eigenvalue weighted by Crippen LogP contribution is 2.40. The summed E-state index contributed by atoms with van der Waals surface area (Å²) < 4.78 is 11.6. The standard InChI is InChI=1S/C14H23O2Si/c1-14(2,3)13(16-17(5)6)11-9-7-8-10-12(11)15-4/h8-10,13,17H,1-6H3. The molecule has 2 nitrogen and oxygen atoms in total. The summed E-state index contributed by atoms with van der Waals surface area (Å²) in [5, 5.41) is 0. The van der Waals surface area contributed by atoms with Gasteiger partial charge < -0.3 is 9.16 Å². The number of methoxy groups -OCH3 is 1. The van der Waals surface area contributed by atoms with Crippen LogP contribution in [0.1, 0.15) is 32.4 Å². The van der Waals surface area contributed by atoms with Gasteiger partial charge in [0.15, 0.2) is 9.04 Å². The molecule has 1 radical (unpaired) electrons. The largest absolute Gasteiger partial charge is 0.496 e. The molecule has 17 heavy (non-hydrogen) atoms. The van der Waals surface area contributed by atoms with E-state index in [1.807, 2.05) is 18.2 Å². The zero-order valence-corrected chi connectivity index (χ0v) is 12.9. The molecule has 0 spiro atoms. The Kier molecular flexibility index (Phi) is 4.77. The molecule has 1 aromatic rings. The van der Waals surface area contributed by atoms with Crippen LogP contribution in [-0.4, -0.2) is 16.2 Å². The molecule has 1 aromatic carbocycles. The SMILES string of the molecule is COc1cc[c]cc1C(O[SiH](C)C)C(C)(C)C. The molecule has 0 amide bonds. The summed E-state index contributed by atoms with van der Waals surface area (Å²) in [5.41, 5.74) is 1.16. The second-order valence-electron chi connectivity index (χ2n) is 5.60. The summed E-state index contributed by atoms with van der Waals surface area (Å²) in [4.78, 5) is 0. The van der Waals surface area contributed by atoms with Gasteiger partial charge in [0.2, 0.25) is 0 Å². The molecule has 0 fully saturated rings. The first-order valence-electron chi connectivity index (χ1n) is 6.05. The lowest BCUT2D eigenvalue weighted by Crippen LogP contribution is -2.26. The van der Waals surface area contributed by atoms with E-state index in [1.54, 1.807) is 7.11 Å². The molecular weight excluding hydrogens is 228 g/mol. The van der Waals surface area contributed by atoms with Gasteiger partial charge in [-0.05, 0) is 36.7 Å². The first kappa shape index (κ1) is 14.3. The van der Waals surface area contributed by atoms with Crippen molar-refractivity contribution in [3.05, 3.63) is 29.8 Å². The Bertz CT molecular complexity index is 355. The molecule has 95 valence electrons. The average molecular weight is 251 g/mol. The summed E-state index contributed by atoms with van der Waals surface area (Å²) in [6.45, 7) is 11.0. The van der Waals surface area contributed by atoms with E-state index in [9.17, 15) is 0 Å². The van der Waals surface area contributed by atoms with Crippen LogP contribution in [0.2, 0.25) is 13.1 Å². The molecule has 3 heteroatoms. The zero-order valence-electron chi connectivity index (χ0n) is 11.7. The number of ether oxygens (including phenoxy) is 1. The van der Waals surface area contributed by atoms with Crippen molar-refractivity contribution >= 4 is 9.04 Å². The molecule has 1 unspecified atom stereocenters. The van der Waals surface area contributed by atoms with Gasteiger partial charge in [0.05, 0.1) is 13.2 Å². The molecular formula is C14H23O2Si. The van der Waals surface area contributed by atoms with Crippen molar-refractivity contribution in [3.8, 4) is 5.75 Å². The summed E-state index contributed by atoms with van der Waals surface area (Å²) in [6.07, 6.45) is 0.0709. The Morgan fingerprint density at radius 3 is 2.41 bits per heavy atom. The first-order chi connectivity index (χ1) is 7.86. The van der Waals surface area contributed by atoms with Crippen LogP contribution in [0.3, 0.4) is 0 Å². The van der Waals surface area contributed by atoms with Crippen molar-refractivity contribution in [1.82, 2.24) is 0 Å². The van der Waals surface area contributed by atoms with Crippen LogP contribution >= 0.6 is 0 Å². The molecule has 0 aromatic heterocycles. The van der Waals surface area contributed by atoms with Crippen LogP contribution < -0.4 is 4.74 Å². The highest BCUT2D eigenvalue weighted by atomic mass is 28.3. The molecule has 1 rings (SSSR count). The lowest BCUT2D eigenvalue weighted by atomic mass is 9.84. The zero-order chi connectivity index (χ0) is 13.1. The smallest absolute Gasteiger partial charge is 0.171 e. The predicted molar refractivity (Wildman–Crippen MR) is 74.0 cm³/mol. The van der Waals surface area contributed by atoms with Crippen LogP contribution in [0.25, 0.3) is 0 Å². The maximum Gasteiger partial charge on any atom is 0.171 e. The average Bonchev–Trinajstić information content (AvgIpc) is 2.24. The van der Waals surface area contributed by atoms with Crippen LogP contribution in [0.4, 0.5) is 0 Å². The fourth-order valence-corrected chi connectivity index (χ4v) is 2.94. The third-order valence-electron chi connectivity index (χ3n) is 2.55. The maximum absolute atomic E-state index is 6.18. The van der Waals surface area contributed by atoms with Gasteiger partial charge in [-0.2, -0.15) is 0 Å². The molecule has 1 atom stereocenters. The highest BCUT2D eigenvalue weighted by Gasteiger charge is 2.30. The molecule has 0 bridgehead atoms. The minimum atomic E-state index is -1.10. The third-order valence-corrected chi connectivity index (χ3v) is 3.37. The van der Waals surface area contributed by atoms with E-state index in [1.165, 1.54) is 0 Å². The van der Waals surface area contributed by atoms with Gasteiger partial charge in [-0.3, -0.25) is 0 Å². The molecule has 0 aliphatic heterocycles. The lowest BCUT2D eigenvalue weighted by Gasteiger charge is -2.33. The Labute approximate surface area is 107 Å². The molecule has 0 aliphatic carbocycles. The van der Waals surface area contributed by atoms with Gasteiger partial charge in [-0.25, -0.2) is 0 Å². The first-order valence-corrected chi connectivity index (χ1v) is 8.83. The second-order valence-corrected chi connectivity index (χ2v) is 7.97. The van der Waals surface area contributed by atoms with Crippen LogP contribution in [0, 0.1) is 11.5 Å². The van der Waals surface area contributed by atoms with E-state index >= 15 is 0 Å². The van der Waals surface area contributed by atoms with E-state index in [-0.39, 0.29) is 11.5 Å². The summed E-state index contributed by atoms with van der Waals surface area (Å²) in [7, 11) is 0.601. The van der Waals surface area contributed by atoms with Gasteiger partial charge in [-0.1, -0.05) is 26.8 Å². The summed E-state index contributed by atoms with van der Waals surface area (Å²) in [6, 6.07) is 8.91. The maximum atomic E-state index is 6.18. The topological polar surface area (TPSA) is 18.5 Å². The Morgan fingerprint density at radius 2 is 1.94 bits per heavy atom. The second kappa shape index (κ2) is 5.69. The fraction of sp³-hybridized carbons (Fsp3) is 0.571. The Hall–Kier alpha value is -0.803. The number of rotatable bonds is 4. The van der Waals surface area contributed by atoms with E-state index < -0.39 is 9.04 Å². The molecule has 0 N–H and O–H groups in total. The monoisotopic (exact) mass is 251 g/mol. The molecule has 0 heterocycles. The number of hydrogen-bond donors (Lipinski definition) is 0. The van der Waals surface area contributed by atoms with E-state index in [4.69, 9.17) is 9.16 Å². The fourth-order valence-electron chi connectivity index (χ4n) is 1.84. The third kappa shape index (κ3) is 3.86. The van der Waals surface area contributed by atoms with Gasteiger partial charge in [-0.15, -0.1) is 0 Å². The van der Waals surface area contributed by atoms with Gasteiger partial charge in [0, 0.05) is 5.56 Å². The van der Waals surface area contributed by atoms with Gasteiger partial charge in [0.1, 0.15) is 5.75 Å². The lowest BCUT2D eigenvalue weighted by molar-refractivity contribution is 0.0840. The van der Waals surface area contributed by atoms with E-state index in [2.05, 4.69) is 39.9 Å². The summed E-state index contributed by atoms with van der Waals surface area (Å²) in [5.74, 6) is 0.887. The van der Waals surface area contributed by atoms with Gasteiger partial charge >= 0.3 is 0 Å². The van der Waals surface area contributed by atoms with Crippen molar-refractivity contribution in [3.63, 3.8) is 0 Å². The van der Waals surface area contributed by atoms with Crippen LogP contribution in [0.15, 0.2) is 18.2 Å². The molecule has 0 saturated heterocycles. The predicted octanol–water partition coefficient (Wildman–Crippen LogP) is 3.58. The van der Waals surface area contributed by atoms with Crippen LogP contribution in [0.5, 0.6) is 5.75 Å². The van der Waals surface area contributed by atoms with Crippen molar-refractivity contribution in [2.24, 2.45) is 5.41 Å². The van der Waals surface area contributed by atoms with E-state index in [0.717, 1.165) is 11.3 Å². The number of hydrogen-bond acceptors (Lipinski definition) is 2. The highest BCUT2D eigenvalue weighted by molar-refractivity contribution is 6.48. The van der Waals surface area contributed by atoms with Crippen molar-refractivity contribution < 1.29 is 9.16 Å².